The van der Waals surface area contributed by atoms with E-state index >= 15 is 0 Å². The fourth-order valence-corrected chi connectivity index (χ4v) is 6.70. The molecule has 3 heterocycles. The third-order valence-electron chi connectivity index (χ3n) is 8.70. The lowest BCUT2D eigenvalue weighted by Gasteiger charge is -2.33. The monoisotopic (exact) mass is 561 g/mol. The van der Waals surface area contributed by atoms with Crippen molar-refractivity contribution in [2.24, 2.45) is 0 Å². The van der Waals surface area contributed by atoms with Crippen LogP contribution in [0.15, 0.2) is 164 Å². The van der Waals surface area contributed by atoms with E-state index in [9.17, 15) is 0 Å². The van der Waals surface area contributed by atoms with Gasteiger partial charge in [-0.2, -0.15) is 0 Å². The Morgan fingerprint density at radius 1 is 0.386 bits per heavy atom. The van der Waals surface area contributed by atoms with Crippen LogP contribution in [-0.2, 0) is 0 Å². The molecule has 3 heteroatoms. The van der Waals surface area contributed by atoms with Crippen molar-refractivity contribution < 1.29 is 0 Å². The summed E-state index contributed by atoms with van der Waals surface area (Å²) in [6.45, 7) is 0. The standard InChI is InChI=1S/C41H27N3/c1-3-12-29(13-4-1)35-26-31(27-36(42-35)30-14-5-2-6-15-30)28-22-24-32(25-23-28)43-38-19-9-10-20-39(38)44-37-18-8-7-16-33(37)34-17-11-21-40(43)41(34)44/h1-27H. The van der Waals surface area contributed by atoms with Gasteiger partial charge in [-0.1, -0.05) is 115 Å². The first kappa shape index (κ1) is 24.6. The third-order valence-corrected chi connectivity index (χ3v) is 8.70. The molecule has 9 rings (SSSR count). The summed E-state index contributed by atoms with van der Waals surface area (Å²) in [5.41, 5.74) is 13.6. The number of fused-ring (bicyclic) bond motifs is 5. The SMILES string of the molecule is c1ccc(-c2cc(-c3ccc(N4c5ccccc5-n5c6ccccc6c6cccc4c65)cc3)cc(-c3ccccc3)n2)cc1. The van der Waals surface area contributed by atoms with E-state index in [1.54, 1.807) is 0 Å². The van der Waals surface area contributed by atoms with Crippen LogP contribution in [0.5, 0.6) is 0 Å². The lowest BCUT2D eigenvalue weighted by Crippen LogP contribution is -2.17. The van der Waals surface area contributed by atoms with Crippen molar-refractivity contribution in [3.8, 4) is 39.3 Å². The number of pyridine rings is 1. The van der Waals surface area contributed by atoms with Gasteiger partial charge in [-0.3, -0.25) is 0 Å². The summed E-state index contributed by atoms with van der Waals surface area (Å²) in [6.07, 6.45) is 0. The van der Waals surface area contributed by atoms with Gasteiger partial charge in [0.05, 0.1) is 39.5 Å². The third kappa shape index (κ3) is 3.80. The highest BCUT2D eigenvalue weighted by molar-refractivity contribution is 6.16. The van der Waals surface area contributed by atoms with Crippen LogP contribution >= 0.6 is 0 Å². The second-order valence-corrected chi connectivity index (χ2v) is 11.3. The summed E-state index contributed by atoms with van der Waals surface area (Å²) in [5.74, 6) is 0. The van der Waals surface area contributed by atoms with Crippen LogP contribution in [0.4, 0.5) is 17.1 Å². The van der Waals surface area contributed by atoms with Gasteiger partial charge in [0.25, 0.3) is 0 Å². The Balaban J connectivity index is 1.20. The Labute approximate surface area is 255 Å². The number of aromatic nitrogens is 2. The van der Waals surface area contributed by atoms with E-state index in [1.165, 1.54) is 38.9 Å². The van der Waals surface area contributed by atoms with E-state index in [-0.39, 0.29) is 0 Å². The van der Waals surface area contributed by atoms with Crippen molar-refractivity contribution >= 4 is 38.9 Å². The summed E-state index contributed by atoms with van der Waals surface area (Å²) in [4.78, 5) is 7.47. The van der Waals surface area contributed by atoms with Gasteiger partial charge in [0, 0.05) is 27.6 Å². The molecule has 0 saturated heterocycles. The zero-order valence-corrected chi connectivity index (χ0v) is 23.9. The highest BCUT2D eigenvalue weighted by Crippen LogP contribution is 2.49. The van der Waals surface area contributed by atoms with E-state index in [0.717, 1.165) is 39.3 Å². The number of benzene rings is 6. The lowest BCUT2D eigenvalue weighted by atomic mass is 9.99. The van der Waals surface area contributed by atoms with E-state index in [0.29, 0.717) is 0 Å². The molecule has 206 valence electrons. The van der Waals surface area contributed by atoms with Crippen LogP contribution in [0, 0.1) is 0 Å². The molecular formula is C41H27N3. The maximum atomic E-state index is 5.07. The highest BCUT2D eigenvalue weighted by atomic mass is 15.2. The molecule has 0 spiro atoms. The number of hydrogen-bond donors (Lipinski definition) is 0. The fraction of sp³-hybridized carbons (Fsp3) is 0. The minimum atomic E-state index is 0.968. The Hall–Kier alpha value is -5.93. The minimum Gasteiger partial charge on any atom is -0.306 e. The Morgan fingerprint density at radius 2 is 0.955 bits per heavy atom. The van der Waals surface area contributed by atoms with Gasteiger partial charge in [0.15, 0.2) is 0 Å². The molecule has 0 aliphatic carbocycles. The second kappa shape index (κ2) is 9.82. The molecule has 3 nitrogen and oxygen atoms in total. The van der Waals surface area contributed by atoms with Gasteiger partial charge < -0.3 is 9.47 Å². The predicted molar refractivity (Wildman–Crippen MR) is 183 cm³/mol. The van der Waals surface area contributed by atoms with E-state index in [2.05, 4.69) is 161 Å². The van der Waals surface area contributed by atoms with Crippen LogP contribution in [0.25, 0.3) is 61.1 Å². The maximum Gasteiger partial charge on any atom is 0.0783 e. The molecule has 0 atom stereocenters. The average Bonchev–Trinajstić information content (AvgIpc) is 3.45. The predicted octanol–water partition coefficient (Wildman–Crippen LogP) is 11.0. The van der Waals surface area contributed by atoms with Crippen molar-refractivity contribution in [3.05, 3.63) is 164 Å². The topological polar surface area (TPSA) is 21.1 Å². The van der Waals surface area contributed by atoms with E-state index in [4.69, 9.17) is 4.98 Å². The van der Waals surface area contributed by atoms with Crippen LogP contribution in [0.2, 0.25) is 0 Å². The smallest absolute Gasteiger partial charge is 0.0783 e. The van der Waals surface area contributed by atoms with Crippen molar-refractivity contribution in [2.45, 2.75) is 0 Å². The number of rotatable bonds is 4. The van der Waals surface area contributed by atoms with Crippen LogP contribution < -0.4 is 4.90 Å². The number of para-hydroxylation sites is 4. The maximum absolute atomic E-state index is 5.07. The van der Waals surface area contributed by atoms with Gasteiger partial charge in [-0.15, -0.1) is 0 Å². The first-order chi connectivity index (χ1) is 21.8. The van der Waals surface area contributed by atoms with Gasteiger partial charge in [-0.05, 0) is 59.7 Å². The van der Waals surface area contributed by atoms with Crippen molar-refractivity contribution in [2.75, 3.05) is 4.90 Å². The number of hydrogen-bond acceptors (Lipinski definition) is 2. The quantitative estimate of drug-likeness (QED) is 0.213. The van der Waals surface area contributed by atoms with E-state index < -0.39 is 0 Å². The van der Waals surface area contributed by atoms with E-state index in [1.807, 2.05) is 12.1 Å². The first-order valence-corrected chi connectivity index (χ1v) is 15.0. The molecular weight excluding hydrogens is 534 g/mol. The average molecular weight is 562 g/mol. The normalized spacial score (nSPS) is 12.0. The molecule has 2 aromatic heterocycles. The van der Waals surface area contributed by atoms with Crippen LogP contribution in [0.1, 0.15) is 0 Å². The molecule has 0 bridgehead atoms. The molecule has 0 unspecified atom stereocenters. The molecule has 0 fully saturated rings. The molecule has 0 amide bonds. The molecule has 0 N–H and O–H groups in total. The summed E-state index contributed by atoms with van der Waals surface area (Å²) in [5, 5.41) is 2.55. The van der Waals surface area contributed by atoms with Gasteiger partial charge in [-0.25, -0.2) is 4.98 Å². The molecule has 1 aliphatic heterocycles. The number of nitrogens with zero attached hydrogens (tertiary/aromatic N) is 3. The first-order valence-electron chi connectivity index (χ1n) is 15.0. The summed E-state index contributed by atoms with van der Waals surface area (Å²) in [6, 6.07) is 58.3. The summed E-state index contributed by atoms with van der Waals surface area (Å²) >= 11 is 0. The van der Waals surface area contributed by atoms with Gasteiger partial charge in [0.2, 0.25) is 0 Å². The van der Waals surface area contributed by atoms with Gasteiger partial charge in [0.1, 0.15) is 0 Å². The second-order valence-electron chi connectivity index (χ2n) is 11.3. The summed E-state index contributed by atoms with van der Waals surface area (Å²) < 4.78 is 2.42. The summed E-state index contributed by atoms with van der Waals surface area (Å²) in [7, 11) is 0. The van der Waals surface area contributed by atoms with Crippen molar-refractivity contribution in [1.29, 1.82) is 0 Å². The molecule has 1 aliphatic rings. The Bertz CT molecular complexity index is 2260. The number of anilines is 3. The molecule has 0 radical (unpaired) electrons. The molecule has 6 aromatic carbocycles. The van der Waals surface area contributed by atoms with Crippen molar-refractivity contribution in [3.63, 3.8) is 0 Å². The Kier molecular flexibility index (Phi) is 5.50. The molecule has 8 aromatic rings. The zero-order valence-electron chi connectivity index (χ0n) is 23.9. The van der Waals surface area contributed by atoms with Crippen molar-refractivity contribution in [1.82, 2.24) is 9.55 Å². The van der Waals surface area contributed by atoms with Crippen LogP contribution in [-0.4, -0.2) is 9.55 Å². The lowest BCUT2D eigenvalue weighted by molar-refractivity contribution is 1.11. The largest absolute Gasteiger partial charge is 0.306 e. The zero-order chi connectivity index (χ0) is 29.0. The fourth-order valence-electron chi connectivity index (χ4n) is 6.70. The molecule has 44 heavy (non-hydrogen) atoms. The Morgan fingerprint density at radius 3 is 1.66 bits per heavy atom. The van der Waals surface area contributed by atoms with Gasteiger partial charge >= 0.3 is 0 Å². The minimum absolute atomic E-state index is 0.968. The molecule has 0 saturated carbocycles. The van der Waals surface area contributed by atoms with Crippen LogP contribution in [0.3, 0.4) is 0 Å². The highest BCUT2D eigenvalue weighted by Gasteiger charge is 2.28.